The van der Waals surface area contributed by atoms with Crippen LogP contribution in [-0.2, 0) is 14.8 Å². The van der Waals surface area contributed by atoms with E-state index in [1.54, 1.807) is 42.5 Å². The maximum absolute atomic E-state index is 12.2. The molecule has 2 aromatic carbocycles. The maximum Gasteiger partial charge on any atom is 0.245 e. The molecule has 0 bridgehead atoms. The van der Waals surface area contributed by atoms with Gasteiger partial charge in [0.1, 0.15) is 6.54 Å². The molecule has 7 heteroatoms. The van der Waals surface area contributed by atoms with Crippen LogP contribution in [0, 0.1) is 0 Å². The lowest BCUT2D eigenvalue weighted by atomic mass is 10.2. The number of hydrogen-bond acceptors (Lipinski definition) is 4. The van der Waals surface area contributed by atoms with Crippen LogP contribution < -0.4 is 14.5 Å². The van der Waals surface area contributed by atoms with Crippen molar-refractivity contribution in [3.63, 3.8) is 0 Å². The van der Waals surface area contributed by atoms with Crippen LogP contribution in [-0.4, -0.2) is 41.2 Å². The predicted octanol–water partition coefficient (Wildman–Crippen LogP) is 2.16. The molecule has 0 aliphatic carbocycles. The fourth-order valence-electron chi connectivity index (χ4n) is 2.17. The Labute approximate surface area is 142 Å². The fraction of sp³-hybridized carbons (Fsp3) is 0.235. The van der Waals surface area contributed by atoms with Gasteiger partial charge in [-0.1, -0.05) is 18.2 Å². The number of para-hydroxylation sites is 1. The van der Waals surface area contributed by atoms with Crippen LogP contribution in [0.5, 0.6) is 0 Å². The van der Waals surface area contributed by atoms with Crippen molar-refractivity contribution in [1.29, 1.82) is 0 Å². The zero-order valence-corrected chi connectivity index (χ0v) is 14.7. The second-order valence-corrected chi connectivity index (χ2v) is 7.50. The molecule has 0 aromatic heterocycles. The van der Waals surface area contributed by atoms with E-state index in [2.05, 4.69) is 5.32 Å². The van der Waals surface area contributed by atoms with Gasteiger partial charge < -0.3 is 10.2 Å². The van der Waals surface area contributed by atoms with Crippen LogP contribution in [0.3, 0.4) is 0 Å². The molecule has 0 aliphatic heterocycles. The number of amides is 1. The third kappa shape index (κ3) is 4.73. The number of carbonyl (C=O) groups excluding carboxylic acids is 1. The molecule has 2 aromatic rings. The summed E-state index contributed by atoms with van der Waals surface area (Å²) in [6.45, 7) is -0.279. The molecule has 1 amide bonds. The standard InChI is InChI=1S/C17H21N3O3S/c1-19(2)15-11-9-14(10-12-15)18-17(21)13-20(24(3,22)23)16-7-5-4-6-8-16/h4-12H,13H2,1-3H3,(H,18,21). The Balaban J connectivity index is 2.11. The van der Waals surface area contributed by atoms with E-state index in [0.717, 1.165) is 16.2 Å². The van der Waals surface area contributed by atoms with Gasteiger partial charge in [-0.05, 0) is 36.4 Å². The van der Waals surface area contributed by atoms with Crippen LogP contribution >= 0.6 is 0 Å². The average Bonchev–Trinajstić information content (AvgIpc) is 2.53. The molecule has 0 heterocycles. The molecule has 0 saturated carbocycles. The van der Waals surface area contributed by atoms with Crippen molar-refractivity contribution in [2.45, 2.75) is 0 Å². The number of benzene rings is 2. The van der Waals surface area contributed by atoms with Gasteiger partial charge in [0, 0.05) is 25.5 Å². The Bertz CT molecular complexity index is 788. The second kappa shape index (κ2) is 7.35. The van der Waals surface area contributed by atoms with Gasteiger partial charge in [0.2, 0.25) is 15.9 Å². The van der Waals surface area contributed by atoms with Crippen LogP contribution in [0.15, 0.2) is 54.6 Å². The first-order valence-corrected chi connectivity index (χ1v) is 9.22. The normalized spacial score (nSPS) is 11.0. The summed E-state index contributed by atoms with van der Waals surface area (Å²) < 4.78 is 25.0. The van der Waals surface area contributed by atoms with Crippen LogP contribution in [0.1, 0.15) is 0 Å². The molecule has 6 nitrogen and oxygen atoms in total. The quantitative estimate of drug-likeness (QED) is 0.869. The average molecular weight is 347 g/mol. The van der Waals surface area contributed by atoms with E-state index in [9.17, 15) is 13.2 Å². The molecule has 0 spiro atoms. The first-order chi connectivity index (χ1) is 11.3. The van der Waals surface area contributed by atoms with Gasteiger partial charge >= 0.3 is 0 Å². The summed E-state index contributed by atoms with van der Waals surface area (Å²) in [6.07, 6.45) is 1.08. The lowest BCUT2D eigenvalue weighted by Crippen LogP contribution is -2.37. The van der Waals surface area contributed by atoms with E-state index >= 15 is 0 Å². The molecule has 128 valence electrons. The molecule has 2 rings (SSSR count). The first-order valence-electron chi connectivity index (χ1n) is 7.37. The lowest BCUT2D eigenvalue weighted by Gasteiger charge is -2.21. The third-order valence-electron chi connectivity index (χ3n) is 3.40. The van der Waals surface area contributed by atoms with E-state index < -0.39 is 15.9 Å². The summed E-state index contributed by atoms with van der Waals surface area (Å²) in [5.74, 6) is -0.401. The van der Waals surface area contributed by atoms with E-state index in [0.29, 0.717) is 11.4 Å². The zero-order chi connectivity index (χ0) is 17.7. The minimum Gasteiger partial charge on any atom is -0.378 e. The van der Waals surface area contributed by atoms with Crippen LogP contribution in [0.2, 0.25) is 0 Å². The molecular weight excluding hydrogens is 326 g/mol. The highest BCUT2D eigenvalue weighted by molar-refractivity contribution is 7.92. The zero-order valence-electron chi connectivity index (χ0n) is 13.9. The molecule has 0 atom stereocenters. The van der Waals surface area contributed by atoms with Crippen molar-refractivity contribution >= 4 is 33.0 Å². The van der Waals surface area contributed by atoms with Gasteiger partial charge in [0.05, 0.1) is 11.9 Å². The largest absolute Gasteiger partial charge is 0.378 e. The maximum atomic E-state index is 12.2. The summed E-state index contributed by atoms with van der Waals surface area (Å²) in [6, 6.07) is 15.9. The molecule has 0 radical (unpaired) electrons. The number of nitrogens with one attached hydrogen (secondary N) is 1. The number of rotatable bonds is 6. The van der Waals surface area contributed by atoms with Crippen LogP contribution in [0.25, 0.3) is 0 Å². The smallest absolute Gasteiger partial charge is 0.245 e. The van der Waals surface area contributed by atoms with Crippen molar-refractivity contribution in [3.05, 3.63) is 54.6 Å². The van der Waals surface area contributed by atoms with E-state index in [4.69, 9.17) is 0 Å². The molecule has 1 N–H and O–H groups in total. The van der Waals surface area contributed by atoms with Crippen molar-refractivity contribution in [2.75, 3.05) is 41.4 Å². The summed E-state index contributed by atoms with van der Waals surface area (Å²) in [7, 11) is 0.299. The van der Waals surface area contributed by atoms with Crippen molar-refractivity contribution in [3.8, 4) is 0 Å². The Hall–Kier alpha value is -2.54. The monoisotopic (exact) mass is 347 g/mol. The Morgan fingerprint density at radius 3 is 2.04 bits per heavy atom. The van der Waals surface area contributed by atoms with Gasteiger partial charge in [-0.25, -0.2) is 8.42 Å². The molecular formula is C17H21N3O3S. The predicted molar refractivity (Wildman–Crippen MR) is 98.0 cm³/mol. The Morgan fingerprint density at radius 1 is 0.958 bits per heavy atom. The van der Waals surface area contributed by atoms with Crippen LogP contribution in [0.4, 0.5) is 17.1 Å². The first kappa shape index (κ1) is 17.8. The Kier molecular flexibility index (Phi) is 5.46. The highest BCUT2D eigenvalue weighted by atomic mass is 32.2. The van der Waals surface area contributed by atoms with Gasteiger partial charge in [0.15, 0.2) is 0 Å². The molecule has 0 saturated heterocycles. The topological polar surface area (TPSA) is 69.7 Å². The Morgan fingerprint density at radius 2 is 1.54 bits per heavy atom. The third-order valence-corrected chi connectivity index (χ3v) is 4.54. The summed E-state index contributed by atoms with van der Waals surface area (Å²) in [5, 5.41) is 2.72. The highest BCUT2D eigenvalue weighted by Gasteiger charge is 2.20. The molecule has 0 unspecified atom stereocenters. The fourth-order valence-corrected chi connectivity index (χ4v) is 3.02. The van der Waals surface area contributed by atoms with Gasteiger partial charge in [-0.15, -0.1) is 0 Å². The van der Waals surface area contributed by atoms with E-state index in [-0.39, 0.29) is 6.54 Å². The number of hydrogen-bond donors (Lipinski definition) is 1. The summed E-state index contributed by atoms with van der Waals surface area (Å²) in [5.41, 5.74) is 2.08. The van der Waals surface area contributed by atoms with Crippen molar-refractivity contribution in [1.82, 2.24) is 0 Å². The number of carbonyl (C=O) groups is 1. The minimum atomic E-state index is -3.56. The number of nitrogens with zero attached hydrogens (tertiary/aromatic N) is 2. The highest BCUT2D eigenvalue weighted by Crippen LogP contribution is 2.18. The second-order valence-electron chi connectivity index (χ2n) is 5.59. The lowest BCUT2D eigenvalue weighted by molar-refractivity contribution is -0.114. The molecule has 0 aliphatic rings. The summed E-state index contributed by atoms with van der Waals surface area (Å²) in [4.78, 5) is 14.2. The molecule has 24 heavy (non-hydrogen) atoms. The summed E-state index contributed by atoms with van der Waals surface area (Å²) >= 11 is 0. The van der Waals surface area contributed by atoms with Crippen molar-refractivity contribution in [2.24, 2.45) is 0 Å². The van der Waals surface area contributed by atoms with Gasteiger partial charge in [-0.2, -0.15) is 0 Å². The van der Waals surface area contributed by atoms with E-state index in [1.165, 1.54) is 0 Å². The van der Waals surface area contributed by atoms with Gasteiger partial charge in [0.25, 0.3) is 0 Å². The molecule has 0 fully saturated rings. The number of sulfonamides is 1. The number of anilines is 3. The SMILES string of the molecule is CN(C)c1ccc(NC(=O)CN(c2ccccc2)S(C)(=O)=O)cc1. The van der Waals surface area contributed by atoms with Crippen molar-refractivity contribution < 1.29 is 13.2 Å². The minimum absolute atomic E-state index is 0.279. The van der Waals surface area contributed by atoms with Gasteiger partial charge in [-0.3, -0.25) is 9.10 Å². The van der Waals surface area contributed by atoms with E-state index in [1.807, 2.05) is 31.1 Å².